The lowest BCUT2D eigenvalue weighted by Gasteiger charge is -2.11. The molecule has 0 bridgehead atoms. The minimum Gasteiger partial charge on any atom is -0.493 e. The Morgan fingerprint density at radius 2 is 1.76 bits per heavy atom. The molecule has 0 saturated heterocycles. The minimum absolute atomic E-state index is 0.167. The lowest BCUT2D eigenvalue weighted by Crippen LogP contribution is -2.05. The van der Waals surface area contributed by atoms with E-state index in [2.05, 4.69) is 4.99 Å². The lowest BCUT2D eigenvalue weighted by atomic mass is 10.1. The number of benzene rings is 4. The third-order valence-corrected chi connectivity index (χ3v) is 5.39. The fourth-order valence-electron chi connectivity index (χ4n) is 3.70. The number of hydrogen-bond acceptors (Lipinski definition) is 5. The molecule has 34 heavy (non-hydrogen) atoms. The number of nitrogens with zero attached hydrogens (tertiary/aromatic N) is 1. The van der Waals surface area contributed by atoms with E-state index in [1.54, 1.807) is 36.4 Å². The van der Waals surface area contributed by atoms with E-state index in [0.717, 1.165) is 16.3 Å². The molecule has 0 unspecified atom stereocenters. The van der Waals surface area contributed by atoms with Crippen LogP contribution in [0.5, 0.6) is 11.5 Å². The molecule has 0 aliphatic carbocycles. The van der Waals surface area contributed by atoms with Crippen LogP contribution in [0.4, 0.5) is 4.39 Å². The second kappa shape index (κ2) is 9.19. The third-order valence-electron chi connectivity index (χ3n) is 5.39. The molecule has 0 atom stereocenters. The van der Waals surface area contributed by atoms with Gasteiger partial charge < -0.3 is 14.2 Å². The van der Waals surface area contributed by atoms with Gasteiger partial charge in [-0.25, -0.2) is 14.2 Å². The van der Waals surface area contributed by atoms with Crippen molar-refractivity contribution in [1.82, 2.24) is 0 Å². The number of carbonyl (C=O) groups is 1. The zero-order valence-corrected chi connectivity index (χ0v) is 18.3. The van der Waals surface area contributed by atoms with E-state index in [1.165, 1.54) is 19.2 Å². The number of methoxy groups -OCH3 is 1. The summed E-state index contributed by atoms with van der Waals surface area (Å²) in [7, 11) is 1.54. The summed E-state index contributed by atoms with van der Waals surface area (Å²) in [6, 6.07) is 25.2. The van der Waals surface area contributed by atoms with Crippen LogP contribution in [0.15, 0.2) is 95.6 Å². The van der Waals surface area contributed by atoms with Crippen molar-refractivity contribution >= 4 is 28.7 Å². The van der Waals surface area contributed by atoms with Crippen molar-refractivity contribution in [3.63, 3.8) is 0 Å². The van der Waals surface area contributed by atoms with Gasteiger partial charge >= 0.3 is 5.97 Å². The quantitative estimate of drug-likeness (QED) is 0.269. The molecule has 5 rings (SSSR count). The number of rotatable bonds is 6. The molecule has 1 aliphatic heterocycles. The second-order valence-corrected chi connectivity index (χ2v) is 7.73. The topological polar surface area (TPSA) is 57.1 Å². The van der Waals surface area contributed by atoms with Gasteiger partial charge in [-0.15, -0.1) is 0 Å². The maximum atomic E-state index is 13.5. The number of ether oxygens (including phenoxy) is 3. The van der Waals surface area contributed by atoms with E-state index in [-0.39, 0.29) is 24.0 Å². The van der Waals surface area contributed by atoms with Gasteiger partial charge in [-0.1, -0.05) is 48.5 Å². The predicted molar refractivity (Wildman–Crippen MR) is 128 cm³/mol. The highest BCUT2D eigenvalue weighted by atomic mass is 19.1. The SMILES string of the molecule is COc1ccc(/C=C2/N=C(c3ccc4ccccc4c3)OC2=O)cc1OCc1cccc(F)c1. The molecule has 0 amide bonds. The van der Waals surface area contributed by atoms with E-state index in [0.29, 0.717) is 22.6 Å². The monoisotopic (exact) mass is 453 g/mol. The summed E-state index contributed by atoms with van der Waals surface area (Å²) in [5, 5.41) is 2.13. The molecule has 0 radical (unpaired) electrons. The molecule has 0 N–H and O–H groups in total. The smallest absolute Gasteiger partial charge is 0.363 e. The second-order valence-electron chi connectivity index (χ2n) is 7.73. The van der Waals surface area contributed by atoms with Crippen LogP contribution < -0.4 is 9.47 Å². The van der Waals surface area contributed by atoms with Crippen molar-refractivity contribution in [3.8, 4) is 11.5 Å². The van der Waals surface area contributed by atoms with Crippen LogP contribution in [-0.4, -0.2) is 19.0 Å². The Balaban J connectivity index is 1.41. The molecule has 168 valence electrons. The number of carbonyl (C=O) groups excluding carboxylic acids is 1. The van der Waals surface area contributed by atoms with Crippen LogP contribution >= 0.6 is 0 Å². The molecule has 1 heterocycles. The van der Waals surface area contributed by atoms with Gasteiger partial charge in [0.05, 0.1) is 7.11 Å². The highest BCUT2D eigenvalue weighted by molar-refractivity contribution is 6.13. The molecule has 5 nitrogen and oxygen atoms in total. The van der Waals surface area contributed by atoms with Crippen molar-refractivity contribution in [1.29, 1.82) is 0 Å². The summed E-state index contributed by atoms with van der Waals surface area (Å²) in [4.78, 5) is 16.9. The summed E-state index contributed by atoms with van der Waals surface area (Å²) in [5.74, 6) is 0.393. The largest absolute Gasteiger partial charge is 0.493 e. The third kappa shape index (κ3) is 4.52. The average molecular weight is 453 g/mol. The number of cyclic esters (lactones) is 1. The highest BCUT2D eigenvalue weighted by Crippen LogP contribution is 2.31. The molecular weight excluding hydrogens is 433 g/mol. The van der Waals surface area contributed by atoms with E-state index in [1.807, 2.05) is 42.5 Å². The Hall–Kier alpha value is -4.45. The Morgan fingerprint density at radius 1 is 0.912 bits per heavy atom. The summed E-state index contributed by atoms with van der Waals surface area (Å²) in [5.41, 5.74) is 2.29. The van der Waals surface area contributed by atoms with Crippen molar-refractivity contribution in [2.75, 3.05) is 7.11 Å². The van der Waals surface area contributed by atoms with Gasteiger partial charge in [-0.2, -0.15) is 0 Å². The highest BCUT2D eigenvalue weighted by Gasteiger charge is 2.24. The molecule has 6 heteroatoms. The summed E-state index contributed by atoms with van der Waals surface area (Å²) >= 11 is 0. The van der Waals surface area contributed by atoms with Gasteiger partial charge in [0.25, 0.3) is 0 Å². The summed E-state index contributed by atoms with van der Waals surface area (Å²) < 4.78 is 30.1. The van der Waals surface area contributed by atoms with E-state index < -0.39 is 5.97 Å². The zero-order chi connectivity index (χ0) is 23.5. The fraction of sp³-hybridized carbons (Fsp3) is 0.0714. The number of halogens is 1. The summed E-state index contributed by atoms with van der Waals surface area (Å²) in [6.07, 6.45) is 1.63. The average Bonchev–Trinajstić information content (AvgIpc) is 3.22. The first kappa shape index (κ1) is 21.4. The Morgan fingerprint density at radius 3 is 2.59 bits per heavy atom. The maximum Gasteiger partial charge on any atom is 0.363 e. The first-order valence-electron chi connectivity index (χ1n) is 10.7. The molecule has 1 aliphatic rings. The molecule has 4 aromatic carbocycles. The number of hydrogen-bond donors (Lipinski definition) is 0. The minimum atomic E-state index is -0.527. The lowest BCUT2D eigenvalue weighted by molar-refractivity contribution is -0.129. The van der Waals surface area contributed by atoms with Crippen LogP contribution in [0.3, 0.4) is 0 Å². The first-order valence-corrected chi connectivity index (χ1v) is 10.7. The van der Waals surface area contributed by atoms with E-state index in [9.17, 15) is 9.18 Å². The van der Waals surface area contributed by atoms with Crippen LogP contribution in [0.1, 0.15) is 16.7 Å². The van der Waals surface area contributed by atoms with Crippen LogP contribution in [0.25, 0.3) is 16.8 Å². The van der Waals surface area contributed by atoms with Crippen LogP contribution in [0.2, 0.25) is 0 Å². The Bertz CT molecular complexity index is 1460. The first-order chi connectivity index (χ1) is 16.6. The Kier molecular flexibility index (Phi) is 5.79. The predicted octanol–water partition coefficient (Wildman–Crippen LogP) is 5.91. The van der Waals surface area contributed by atoms with Gasteiger partial charge in [0, 0.05) is 5.56 Å². The maximum absolute atomic E-state index is 13.5. The van der Waals surface area contributed by atoms with Crippen molar-refractivity contribution < 1.29 is 23.4 Å². The van der Waals surface area contributed by atoms with Gasteiger partial charge in [-0.05, 0) is 64.4 Å². The van der Waals surface area contributed by atoms with Gasteiger partial charge in [0.2, 0.25) is 5.90 Å². The van der Waals surface area contributed by atoms with Crippen molar-refractivity contribution in [2.45, 2.75) is 6.61 Å². The van der Waals surface area contributed by atoms with Gasteiger partial charge in [0.15, 0.2) is 17.2 Å². The Labute approximate surface area is 195 Å². The summed E-state index contributed by atoms with van der Waals surface area (Å²) in [6.45, 7) is 0.167. The molecule has 0 saturated carbocycles. The van der Waals surface area contributed by atoms with Gasteiger partial charge in [0.1, 0.15) is 12.4 Å². The van der Waals surface area contributed by atoms with E-state index in [4.69, 9.17) is 14.2 Å². The molecule has 0 aromatic heterocycles. The number of aliphatic imine (C=N–C) groups is 1. The van der Waals surface area contributed by atoms with E-state index >= 15 is 0 Å². The van der Waals surface area contributed by atoms with Crippen molar-refractivity contribution in [2.24, 2.45) is 4.99 Å². The van der Waals surface area contributed by atoms with Crippen molar-refractivity contribution in [3.05, 3.63) is 113 Å². The molecule has 4 aromatic rings. The fourth-order valence-corrected chi connectivity index (χ4v) is 3.70. The van der Waals surface area contributed by atoms with Crippen LogP contribution in [0, 0.1) is 5.82 Å². The molecular formula is C28H20FNO4. The standard InChI is InChI=1S/C28H20FNO4/c1-32-25-12-9-18(15-26(25)33-17-19-5-4-8-23(29)13-19)14-24-28(31)34-27(30-24)22-11-10-20-6-2-3-7-21(20)16-22/h2-16H,17H2,1H3/b24-14+. The van der Waals surface area contributed by atoms with Crippen LogP contribution in [-0.2, 0) is 16.1 Å². The normalized spacial score (nSPS) is 14.2. The zero-order valence-electron chi connectivity index (χ0n) is 18.3. The number of fused-ring (bicyclic) bond motifs is 1. The van der Waals surface area contributed by atoms with Gasteiger partial charge in [-0.3, -0.25) is 0 Å². The molecule has 0 fully saturated rings. The molecule has 0 spiro atoms. The number of esters is 1.